The van der Waals surface area contributed by atoms with Crippen LogP contribution in [0.1, 0.15) is 55.4 Å². The van der Waals surface area contributed by atoms with Gasteiger partial charge in [0.15, 0.2) is 0 Å². The van der Waals surface area contributed by atoms with Crippen LogP contribution in [0, 0.1) is 20.8 Å². The van der Waals surface area contributed by atoms with Crippen LogP contribution in [-0.2, 0) is 6.42 Å². The maximum absolute atomic E-state index is 9.65. The van der Waals surface area contributed by atoms with Crippen molar-refractivity contribution in [2.45, 2.75) is 65.9 Å². The second kappa shape index (κ2) is 5.68. The fraction of sp³-hybridized carbons (Fsp3) is 0.625. The Kier molecular flexibility index (Phi) is 4.76. The minimum Gasteiger partial charge on any atom is -0.390 e. The summed E-state index contributed by atoms with van der Waals surface area (Å²) in [6.45, 7) is 10.3. The summed E-state index contributed by atoms with van der Waals surface area (Å²) in [5.74, 6) is 0. The van der Waals surface area contributed by atoms with E-state index in [9.17, 15) is 5.11 Å². The first-order valence-electron chi connectivity index (χ1n) is 6.59. The van der Waals surface area contributed by atoms with Gasteiger partial charge in [0.25, 0.3) is 0 Å². The summed E-state index contributed by atoms with van der Waals surface area (Å²) >= 11 is 0. The Hall–Kier alpha value is -0.820. The number of hydrogen-bond acceptors (Lipinski definition) is 1. The molecule has 0 aliphatic heterocycles. The van der Waals surface area contributed by atoms with E-state index >= 15 is 0 Å². The topological polar surface area (TPSA) is 20.2 Å². The molecule has 0 heterocycles. The summed E-state index contributed by atoms with van der Waals surface area (Å²) in [5.41, 5.74) is 5.11. The van der Waals surface area contributed by atoms with Gasteiger partial charge in [-0.25, -0.2) is 0 Å². The number of benzene rings is 1. The molecule has 0 saturated carbocycles. The molecule has 1 heteroatoms. The zero-order chi connectivity index (χ0) is 13.1. The lowest BCUT2D eigenvalue weighted by Crippen LogP contribution is -2.17. The van der Waals surface area contributed by atoms with Crippen LogP contribution in [0.4, 0.5) is 0 Å². The lowest BCUT2D eigenvalue weighted by molar-refractivity contribution is 0.0682. The molecule has 0 bridgehead atoms. The highest BCUT2D eigenvalue weighted by Gasteiger charge is 2.11. The van der Waals surface area contributed by atoms with Crippen molar-refractivity contribution >= 4 is 0 Å². The quantitative estimate of drug-likeness (QED) is 0.761. The maximum Gasteiger partial charge on any atom is 0.0591 e. The highest BCUT2D eigenvalue weighted by atomic mass is 16.3. The number of unbranched alkanes of at least 4 members (excludes halogenated alkanes) is 1. The van der Waals surface area contributed by atoms with Crippen molar-refractivity contribution in [3.05, 3.63) is 34.4 Å². The molecule has 1 rings (SSSR count). The molecule has 96 valence electrons. The summed E-state index contributed by atoms with van der Waals surface area (Å²) in [6.07, 6.45) is 4.27. The van der Waals surface area contributed by atoms with Gasteiger partial charge >= 0.3 is 0 Å². The van der Waals surface area contributed by atoms with E-state index in [-0.39, 0.29) is 0 Å². The molecule has 0 saturated heterocycles. The van der Waals surface area contributed by atoms with Crippen molar-refractivity contribution in [1.29, 1.82) is 0 Å². The van der Waals surface area contributed by atoms with Crippen molar-refractivity contribution < 1.29 is 5.11 Å². The fourth-order valence-corrected chi connectivity index (χ4v) is 2.16. The molecule has 1 aromatic rings. The third kappa shape index (κ3) is 4.91. The molecule has 0 spiro atoms. The van der Waals surface area contributed by atoms with Crippen molar-refractivity contribution in [1.82, 2.24) is 0 Å². The minimum atomic E-state index is -0.516. The predicted octanol–water partition coefficient (Wildman–Crippen LogP) is 4.10. The van der Waals surface area contributed by atoms with Crippen molar-refractivity contribution in [3.63, 3.8) is 0 Å². The molecule has 0 unspecified atom stereocenters. The van der Waals surface area contributed by atoms with Crippen LogP contribution < -0.4 is 0 Å². The van der Waals surface area contributed by atoms with E-state index in [4.69, 9.17) is 0 Å². The Balaban J connectivity index is 2.50. The molecule has 1 nitrogen and oxygen atoms in total. The SMILES string of the molecule is Cc1cc(C)c(CCCCC(C)(C)O)cc1C. The molecule has 0 fully saturated rings. The zero-order valence-corrected chi connectivity index (χ0v) is 11.9. The van der Waals surface area contributed by atoms with Crippen molar-refractivity contribution in [2.24, 2.45) is 0 Å². The van der Waals surface area contributed by atoms with Gasteiger partial charge in [-0.2, -0.15) is 0 Å². The van der Waals surface area contributed by atoms with Crippen LogP contribution in [0.3, 0.4) is 0 Å². The largest absolute Gasteiger partial charge is 0.390 e. The smallest absolute Gasteiger partial charge is 0.0591 e. The van der Waals surface area contributed by atoms with Crippen LogP contribution in [0.2, 0.25) is 0 Å². The van der Waals surface area contributed by atoms with E-state index in [1.165, 1.54) is 22.3 Å². The van der Waals surface area contributed by atoms with Crippen LogP contribution >= 0.6 is 0 Å². The van der Waals surface area contributed by atoms with E-state index in [0.29, 0.717) is 0 Å². The fourth-order valence-electron chi connectivity index (χ4n) is 2.16. The van der Waals surface area contributed by atoms with E-state index in [1.54, 1.807) is 0 Å². The van der Waals surface area contributed by atoms with Gasteiger partial charge in [-0.1, -0.05) is 18.6 Å². The molecule has 0 radical (unpaired) electrons. The van der Waals surface area contributed by atoms with E-state index in [2.05, 4.69) is 32.9 Å². The monoisotopic (exact) mass is 234 g/mol. The van der Waals surface area contributed by atoms with Gasteiger partial charge in [0.1, 0.15) is 0 Å². The van der Waals surface area contributed by atoms with E-state index in [0.717, 1.165) is 25.7 Å². The average Bonchev–Trinajstić information content (AvgIpc) is 2.18. The normalized spacial score (nSPS) is 11.9. The van der Waals surface area contributed by atoms with Gasteiger partial charge in [0.2, 0.25) is 0 Å². The average molecular weight is 234 g/mol. The van der Waals surface area contributed by atoms with E-state index < -0.39 is 5.60 Å². The summed E-state index contributed by atoms with van der Waals surface area (Å²) in [7, 11) is 0. The second-order valence-corrected chi connectivity index (χ2v) is 5.88. The van der Waals surface area contributed by atoms with Gasteiger partial charge in [-0.15, -0.1) is 0 Å². The Labute approximate surface area is 106 Å². The Morgan fingerprint density at radius 3 is 2.12 bits per heavy atom. The highest BCUT2D eigenvalue weighted by Crippen LogP contribution is 2.19. The number of aliphatic hydroxyl groups is 1. The third-order valence-corrected chi connectivity index (χ3v) is 3.44. The molecule has 0 aromatic heterocycles. The Morgan fingerprint density at radius 2 is 1.53 bits per heavy atom. The highest BCUT2D eigenvalue weighted by molar-refractivity contribution is 5.36. The minimum absolute atomic E-state index is 0.516. The summed E-state index contributed by atoms with van der Waals surface area (Å²) in [5, 5.41) is 9.65. The standard InChI is InChI=1S/C16H26O/c1-12-10-14(3)15(11-13(12)2)8-6-7-9-16(4,5)17/h10-11,17H,6-9H2,1-5H3. The van der Waals surface area contributed by atoms with Crippen LogP contribution in [0.5, 0.6) is 0 Å². The van der Waals surface area contributed by atoms with E-state index in [1.807, 2.05) is 13.8 Å². The van der Waals surface area contributed by atoms with Crippen LogP contribution in [0.15, 0.2) is 12.1 Å². The lowest BCUT2D eigenvalue weighted by Gasteiger charge is -2.16. The molecule has 0 atom stereocenters. The molecular weight excluding hydrogens is 208 g/mol. The molecule has 17 heavy (non-hydrogen) atoms. The molecular formula is C16H26O. The summed E-state index contributed by atoms with van der Waals surface area (Å²) in [4.78, 5) is 0. The number of aryl methyl sites for hydroxylation is 4. The zero-order valence-electron chi connectivity index (χ0n) is 11.9. The van der Waals surface area contributed by atoms with Gasteiger partial charge < -0.3 is 5.11 Å². The summed E-state index contributed by atoms with van der Waals surface area (Å²) in [6, 6.07) is 4.59. The van der Waals surface area contributed by atoms with Crippen molar-refractivity contribution in [3.8, 4) is 0 Å². The van der Waals surface area contributed by atoms with Gasteiger partial charge in [0, 0.05) is 0 Å². The predicted molar refractivity (Wildman–Crippen MR) is 74.5 cm³/mol. The number of rotatable bonds is 5. The second-order valence-electron chi connectivity index (χ2n) is 5.88. The van der Waals surface area contributed by atoms with Crippen LogP contribution in [0.25, 0.3) is 0 Å². The maximum atomic E-state index is 9.65. The lowest BCUT2D eigenvalue weighted by atomic mass is 9.95. The first kappa shape index (κ1) is 14.2. The molecule has 0 aliphatic rings. The van der Waals surface area contributed by atoms with Gasteiger partial charge in [-0.05, 0) is 76.1 Å². The van der Waals surface area contributed by atoms with Gasteiger partial charge in [0.05, 0.1) is 5.60 Å². The van der Waals surface area contributed by atoms with Gasteiger partial charge in [-0.3, -0.25) is 0 Å². The van der Waals surface area contributed by atoms with Crippen LogP contribution in [-0.4, -0.2) is 10.7 Å². The third-order valence-electron chi connectivity index (χ3n) is 3.44. The first-order valence-corrected chi connectivity index (χ1v) is 6.59. The molecule has 0 amide bonds. The summed E-state index contributed by atoms with van der Waals surface area (Å²) < 4.78 is 0. The number of hydrogen-bond donors (Lipinski definition) is 1. The first-order chi connectivity index (χ1) is 7.79. The molecule has 1 N–H and O–H groups in total. The van der Waals surface area contributed by atoms with Crippen molar-refractivity contribution in [2.75, 3.05) is 0 Å². The Morgan fingerprint density at radius 1 is 0.941 bits per heavy atom. The molecule has 1 aromatic carbocycles. The Bertz CT molecular complexity index is 372. The molecule has 0 aliphatic carbocycles.